The van der Waals surface area contributed by atoms with Gasteiger partial charge in [-0.1, -0.05) is 0 Å². The zero-order valence-electron chi connectivity index (χ0n) is 7.85. The molecule has 0 aromatic heterocycles. The van der Waals surface area contributed by atoms with Crippen LogP contribution in [0.15, 0.2) is 0 Å². The third-order valence-corrected chi connectivity index (χ3v) is 1.45. The quantitative estimate of drug-likeness (QED) is 0.612. The number of aliphatic hydroxyl groups excluding tert-OH is 1. The van der Waals surface area contributed by atoms with E-state index < -0.39 is 0 Å². The highest BCUT2D eigenvalue weighted by Crippen LogP contribution is 2.01. The smallest absolute Gasteiger partial charge is 0.0613 e. The van der Waals surface area contributed by atoms with Crippen LogP contribution in [0.3, 0.4) is 0 Å². The van der Waals surface area contributed by atoms with Gasteiger partial charge in [0, 0.05) is 18.7 Å². The van der Waals surface area contributed by atoms with Crippen LogP contribution in [-0.2, 0) is 4.74 Å². The van der Waals surface area contributed by atoms with Crippen molar-refractivity contribution in [2.24, 2.45) is 0 Å². The average molecular weight is 161 g/mol. The van der Waals surface area contributed by atoms with Crippen LogP contribution in [0, 0.1) is 0 Å². The first-order valence-corrected chi connectivity index (χ1v) is 3.89. The summed E-state index contributed by atoms with van der Waals surface area (Å²) in [5, 5.41) is 12.1. The van der Waals surface area contributed by atoms with E-state index in [0.717, 1.165) is 0 Å². The van der Waals surface area contributed by atoms with E-state index in [4.69, 9.17) is 9.84 Å². The minimum Gasteiger partial charge on any atom is -0.394 e. The van der Waals surface area contributed by atoms with Gasteiger partial charge in [-0.2, -0.15) is 0 Å². The van der Waals surface area contributed by atoms with Gasteiger partial charge in [0.2, 0.25) is 0 Å². The molecule has 0 amide bonds. The normalized spacial score (nSPS) is 15.0. The summed E-state index contributed by atoms with van der Waals surface area (Å²) >= 11 is 0. The van der Waals surface area contributed by atoms with Gasteiger partial charge in [-0.15, -0.1) is 0 Å². The van der Waals surface area contributed by atoms with Crippen molar-refractivity contribution in [3.63, 3.8) is 0 Å². The average Bonchev–Trinajstić information content (AvgIpc) is 1.87. The van der Waals surface area contributed by atoms with Gasteiger partial charge in [-0.3, -0.25) is 0 Å². The molecule has 0 fully saturated rings. The molecule has 0 aliphatic heterocycles. The number of rotatable bonds is 5. The molecule has 0 saturated carbocycles. The number of hydrogen-bond acceptors (Lipinski definition) is 3. The Hall–Kier alpha value is -0.120. The first-order chi connectivity index (χ1) is 5.02. The van der Waals surface area contributed by atoms with Crippen LogP contribution in [-0.4, -0.2) is 37.0 Å². The molecule has 0 aromatic rings. The van der Waals surface area contributed by atoms with E-state index in [1.807, 2.05) is 20.8 Å². The van der Waals surface area contributed by atoms with E-state index in [2.05, 4.69) is 5.32 Å². The molecule has 68 valence electrons. The Balaban J connectivity index is 3.64. The van der Waals surface area contributed by atoms with Crippen LogP contribution in [0.1, 0.15) is 20.8 Å². The molecule has 0 heterocycles. The predicted octanol–water partition coefficient (Wildman–Crippen LogP) is 0.382. The third kappa shape index (κ3) is 5.18. The Bertz CT molecular complexity index is 104. The summed E-state index contributed by atoms with van der Waals surface area (Å²) in [4.78, 5) is 0. The summed E-state index contributed by atoms with van der Waals surface area (Å²) in [6.07, 6.45) is 0. The second-order valence-electron chi connectivity index (χ2n) is 3.54. The van der Waals surface area contributed by atoms with Gasteiger partial charge >= 0.3 is 0 Å². The van der Waals surface area contributed by atoms with Gasteiger partial charge in [0.1, 0.15) is 0 Å². The fraction of sp³-hybridized carbons (Fsp3) is 1.00. The molecule has 0 bridgehead atoms. The molecule has 1 atom stereocenters. The van der Waals surface area contributed by atoms with Crippen molar-refractivity contribution in [2.45, 2.75) is 32.4 Å². The number of aliphatic hydroxyl groups is 1. The molecule has 0 aliphatic carbocycles. The summed E-state index contributed by atoms with van der Waals surface area (Å²) in [5.41, 5.74) is -0.210. The topological polar surface area (TPSA) is 41.5 Å². The van der Waals surface area contributed by atoms with E-state index in [9.17, 15) is 0 Å². The third-order valence-electron chi connectivity index (χ3n) is 1.45. The lowest BCUT2D eigenvalue weighted by Gasteiger charge is -2.27. The minimum atomic E-state index is -0.210. The zero-order valence-corrected chi connectivity index (χ0v) is 7.85. The standard InChI is InChI=1S/C8H19NO2/c1-7(5-11-4)9-8(2,3)6-10/h7,9-10H,5-6H2,1-4H3. The fourth-order valence-electron chi connectivity index (χ4n) is 1.00. The minimum absolute atomic E-state index is 0.140. The van der Waals surface area contributed by atoms with Crippen molar-refractivity contribution in [2.75, 3.05) is 20.3 Å². The largest absolute Gasteiger partial charge is 0.394 e. The van der Waals surface area contributed by atoms with Crippen LogP contribution in [0.5, 0.6) is 0 Å². The zero-order chi connectivity index (χ0) is 8.91. The SMILES string of the molecule is COCC(C)NC(C)(C)CO. The van der Waals surface area contributed by atoms with E-state index in [-0.39, 0.29) is 18.2 Å². The van der Waals surface area contributed by atoms with Crippen molar-refractivity contribution >= 4 is 0 Å². The Morgan fingerprint density at radius 1 is 1.55 bits per heavy atom. The molecule has 0 aliphatic rings. The van der Waals surface area contributed by atoms with Crippen molar-refractivity contribution in [3.05, 3.63) is 0 Å². The van der Waals surface area contributed by atoms with E-state index in [1.165, 1.54) is 0 Å². The summed E-state index contributed by atoms with van der Waals surface area (Å²) < 4.78 is 4.95. The maximum Gasteiger partial charge on any atom is 0.0613 e. The predicted molar refractivity (Wildman–Crippen MR) is 45.6 cm³/mol. The highest BCUT2D eigenvalue weighted by molar-refractivity contribution is 4.79. The summed E-state index contributed by atoms with van der Waals surface area (Å²) in [6, 6.07) is 0.280. The highest BCUT2D eigenvalue weighted by atomic mass is 16.5. The van der Waals surface area contributed by atoms with Gasteiger partial charge < -0.3 is 15.2 Å². The number of ether oxygens (including phenoxy) is 1. The summed E-state index contributed by atoms with van der Waals surface area (Å²) in [6.45, 7) is 6.75. The molecule has 0 radical (unpaired) electrons. The summed E-state index contributed by atoms with van der Waals surface area (Å²) in [7, 11) is 1.67. The molecule has 0 aromatic carbocycles. The molecule has 1 unspecified atom stereocenters. The first kappa shape index (κ1) is 10.9. The van der Waals surface area contributed by atoms with Crippen LogP contribution in [0.4, 0.5) is 0 Å². The van der Waals surface area contributed by atoms with Crippen molar-refractivity contribution in [1.82, 2.24) is 5.32 Å². The van der Waals surface area contributed by atoms with Crippen molar-refractivity contribution in [3.8, 4) is 0 Å². The molecule has 2 N–H and O–H groups in total. The molecule has 0 saturated heterocycles. The van der Waals surface area contributed by atoms with E-state index in [1.54, 1.807) is 7.11 Å². The summed E-state index contributed by atoms with van der Waals surface area (Å²) in [5.74, 6) is 0. The highest BCUT2D eigenvalue weighted by Gasteiger charge is 2.17. The Morgan fingerprint density at radius 3 is 2.45 bits per heavy atom. The number of hydrogen-bond donors (Lipinski definition) is 2. The maximum absolute atomic E-state index is 8.91. The lowest BCUT2D eigenvalue weighted by molar-refractivity contribution is 0.130. The van der Waals surface area contributed by atoms with Gasteiger partial charge in [-0.05, 0) is 20.8 Å². The Morgan fingerprint density at radius 2 is 2.09 bits per heavy atom. The molecule has 3 nitrogen and oxygen atoms in total. The maximum atomic E-state index is 8.91. The van der Waals surface area contributed by atoms with Gasteiger partial charge in [-0.25, -0.2) is 0 Å². The van der Waals surface area contributed by atoms with Crippen LogP contribution >= 0.6 is 0 Å². The van der Waals surface area contributed by atoms with Gasteiger partial charge in [0.25, 0.3) is 0 Å². The molecular formula is C8H19NO2. The molecule has 3 heteroatoms. The van der Waals surface area contributed by atoms with Crippen molar-refractivity contribution in [1.29, 1.82) is 0 Å². The van der Waals surface area contributed by atoms with E-state index in [0.29, 0.717) is 6.61 Å². The molecular weight excluding hydrogens is 142 g/mol. The number of methoxy groups -OCH3 is 1. The van der Waals surface area contributed by atoms with Crippen LogP contribution < -0.4 is 5.32 Å². The van der Waals surface area contributed by atoms with Crippen molar-refractivity contribution < 1.29 is 9.84 Å². The Kier molecular flexibility index (Phi) is 4.65. The molecule has 0 spiro atoms. The van der Waals surface area contributed by atoms with Crippen LogP contribution in [0.2, 0.25) is 0 Å². The monoisotopic (exact) mass is 161 g/mol. The Labute approximate surface area is 68.8 Å². The number of nitrogens with one attached hydrogen (secondary N) is 1. The van der Waals surface area contributed by atoms with Crippen LogP contribution in [0.25, 0.3) is 0 Å². The van der Waals surface area contributed by atoms with Gasteiger partial charge in [0.05, 0.1) is 13.2 Å². The molecule has 0 rings (SSSR count). The van der Waals surface area contributed by atoms with E-state index >= 15 is 0 Å². The fourth-order valence-corrected chi connectivity index (χ4v) is 1.00. The van der Waals surface area contributed by atoms with Gasteiger partial charge in [0.15, 0.2) is 0 Å². The second-order valence-corrected chi connectivity index (χ2v) is 3.54. The first-order valence-electron chi connectivity index (χ1n) is 3.89. The second kappa shape index (κ2) is 4.70. The molecule has 11 heavy (non-hydrogen) atoms. The lowest BCUT2D eigenvalue weighted by Crippen LogP contribution is -2.48. The lowest BCUT2D eigenvalue weighted by atomic mass is 10.1.